The summed E-state index contributed by atoms with van der Waals surface area (Å²) in [6.07, 6.45) is -20.8. The van der Waals surface area contributed by atoms with Gasteiger partial charge in [0.25, 0.3) is 6.30 Å². The SMILES string of the molecule is FC1N(C(F)(F)F)C(F)(F)OC1(F)F. The molecule has 1 rings (SSSR count). The molecule has 0 aromatic heterocycles. The molecule has 0 spiro atoms. The molecule has 0 saturated carbocycles. The van der Waals surface area contributed by atoms with Crippen LogP contribution >= 0.6 is 0 Å². The van der Waals surface area contributed by atoms with Crippen molar-refractivity contribution in [3.63, 3.8) is 0 Å². The molecule has 1 heterocycles. The molecule has 1 aliphatic heterocycles. The summed E-state index contributed by atoms with van der Waals surface area (Å²) in [6.45, 7) is 0. The molecule has 14 heavy (non-hydrogen) atoms. The highest BCUT2D eigenvalue weighted by Crippen LogP contribution is 2.49. The Kier molecular flexibility index (Phi) is 2.20. The highest BCUT2D eigenvalue weighted by molar-refractivity contribution is 4.82. The van der Waals surface area contributed by atoms with Crippen molar-refractivity contribution in [1.82, 2.24) is 4.90 Å². The number of alkyl halides is 8. The Balaban J connectivity index is 3.06. The van der Waals surface area contributed by atoms with Gasteiger partial charge in [0, 0.05) is 0 Å². The molecule has 0 N–H and O–H groups in total. The van der Waals surface area contributed by atoms with Crippen molar-refractivity contribution in [3.8, 4) is 0 Å². The second kappa shape index (κ2) is 2.69. The highest BCUT2D eigenvalue weighted by atomic mass is 19.4. The fourth-order valence-corrected chi connectivity index (χ4v) is 0.820. The maximum atomic E-state index is 12.2. The number of ether oxygens (including phenoxy) is 1. The van der Waals surface area contributed by atoms with Crippen LogP contribution in [0.3, 0.4) is 0 Å². The summed E-state index contributed by atoms with van der Waals surface area (Å²) in [5.74, 6) is 0. The van der Waals surface area contributed by atoms with Gasteiger partial charge in [-0.3, -0.25) is 0 Å². The Bertz CT molecular complexity index is 236. The van der Waals surface area contributed by atoms with E-state index in [9.17, 15) is 35.1 Å². The molecule has 84 valence electrons. The number of rotatable bonds is 0. The highest BCUT2D eigenvalue weighted by Gasteiger charge is 2.74. The third-order valence-electron chi connectivity index (χ3n) is 1.32. The van der Waals surface area contributed by atoms with Crippen LogP contribution in [0.4, 0.5) is 35.1 Å². The lowest BCUT2D eigenvalue weighted by atomic mass is 10.5. The molecule has 1 fully saturated rings. The largest absolute Gasteiger partial charge is 0.469 e. The van der Waals surface area contributed by atoms with E-state index in [4.69, 9.17) is 0 Å². The normalized spacial score (nSPS) is 32.1. The maximum absolute atomic E-state index is 12.2. The minimum atomic E-state index is -5.96. The second-order valence-corrected chi connectivity index (χ2v) is 2.32. The second-order valence-electron chi connectivity index (χ2n) is 2.32. The van der Waals surface area contributed by atoms with Gasteiger partial charge in [0.1, 0.15) is 0 Å². The van der Waals surface area contributed by atoms with E-state index in [-0.39, 0.29) is 0 Å². The van der Waals surface area contributed by atoms with Crippen molar-refractivity contribution in [2.24, 2.45) is 0 Å². The van der Waals surface area contributed by atoms with Crippen LogP contribution in [0.2, 0.25) is 0 Å². The fraction of sp³-hybridized carbons (Fsp3) is 1.00. The number of hydrogen-bond donors (Lipinski definition) is 0. The third kappa shape index (κ3) is 1.63. The summed E-state index contributed by atoms with van der Waals surface area (Å²) in [5.41, 5.74) is 0. The van der Waals surface area contributed by atoms with Gasteiger partial charge in [0.05, 0.1) is 0 Å². The van der Waals surface area contributed by atoms with Crippen LogP contribution in [-0.4, -0.2) is 29.8 Å². The topological polar surface area (TPSA) is 12.5 Å². The third-order valence-corrected chi connectivity index (χ3v) is 1.32. The summed E-state index contributed by atoms with van der Waals surface area (Å²) in [4.78, 5) is -2.29. The first-order chi connectivity index (χ1) is 5.98. The van der Waals surface area contributed by atoms with E-state index in [0.717, 1.165) is 0 Å². The van der Waals surface area contributed by atoms with Crippen LogP contribution in [0.25, 0.3) is 0 Å². The minimum Gasteiger partial charge on any atom is -0.237 e. The fourth-order valence-electron chi connectivity index (χ4n) is 0.820. The van der Waals surface area contributed by atoms with E-state index in [1.54, 1.807) is 0 Å². The van der Waals surface area contributed by atoms with Gasteiger partial charge in [0.15, 0.2) is 0 Å². The van der Waals surface area contributed by atoms with Crippen LogP contribution < -0.4 is 0 Å². The van der Waals surface area contributed by atoms with Crippen LogP contribution in [0, 0.1) is 0 Å². The summed E-state index contributed by atoms with van der Waals surface area (Å²) < 4.78 is 97.7. The predicted molar refractivity (Wildman–Crippen MR) is 23.8 cm³/mol. The zero-order valence-electron chi connectivity index (χ0n) is 5.96. The van der Waals surface area contributed by atoms with Gasteiger partial charge in [-0.15, -0.1) is 0 Å². The smallest absolute Gasteiger partial charge is 0.237 e. The van der Waals surface area contributed by atoms with E-state index in [1.165, 1.54) is 0 Å². The molecular formula is C4HF8NO. The zero-order chi connectivity index (χ0) is 11.4. The van der Waals surface area contributed by atoms with Crippen molar-refractivity contribution in [2.45, 2.75) is 24.9 Å². The van der Waals surface area contributed by atoms with Crippen molar-refractivity contribution in [2.75, 3.05) is 0 Å². The van der Waals surface area contributed by atoms with E-state index in [1.807, 2.05) is 0 Å². The maximum Gasteiger partial charge on any atom is 0.469 e. The Morgan fingerprint density at radius 3 is 1.64 bits per heavy atom. The number of nitrogens with zero attached hydrogens (tertiary/aromatic N) is 1. The monoisotopic (exact) mass is 231 g/mol. The van der Waals surface area contributed by atoms with Crippen LogP contribution in [0.1, 0.15) is 0 Å². The first-order valence-electron chi connectivity index (χ1n) is 2.94. The summed E-state index contributed by atoms with van der Waals surface area (Å²) in [7, 11) is 0. The molecule has 1 atom stereocenters. The standard InChI is InChI=1S/C4HF8NO/c5-1-2(6,7)14-4(11,12)13(1)3(8,9)10/h1H. The van der Waals surface area contributed by atoms with Crippen LogP contribution in [0.5, 0.6) is 0 Å². The average Bonchev–Trinajstić information content (AvgIpc) is 1.93. The lowest BCUT2D eigenvalue weighted by molar-refractivity contribution is -0.402. The summed E-state index contributed by atoms with van der Waals surface area (Å²) in [5, 5.41) is 0. The predicted octanol–water partition coefficient (Wildman–Crippen LogP) is 2.28. The summed E-state index contributed by atoms with van der Waals surface area (Å²) >= 11 is 0. The molecule has 0 radical (unpaired) electrons. The zero-order valence-corrected chi connectivity index (χ0v) is 5.96. The van der Waals surface area contributed by atoms with Crippen LogP contribution in [-0.2, 0) is 4.74 Å². The summed E-state index contributed by atoms with van der Waals surface area (Å²) in [6, 6.07) is 0. The Morgan fingerprint density at radius 2 is 1.50 bits per heavy atom. The van der Waals surface area contributed by atoms with Crippen molar-refractivity contribution in [3.05, 3.63) is 0 Å². The van der Waals surface area contributed by atoms with Crippen molar-refractivity contribution >= 4 is 0 Å². The van der Waals surface area contributed by atoms with Gasteiger partial charge < -0.3 is 0 Å². The van der Waals surface area contributed by atoms with Crippen molar-refractivity contribution < 1.29 is 39.9 Å². The van der Waals surface area contributed by atoms with Crippen molar-refractivity contribution in [1.29, 1.82) is 0 Å². The molecule has 0 aliphatic carbocycles. The molecule has 1 aliphatic rings. The first kappa shape index (κ1) is 11.4. The minimum absolute atomic E-state index is 2.29. The van der Waals surface area contributed by atoms with E-state index in [2.05, 4.69) is 4.74 Å². The number of hydrogen-bond acceptors (Lipinski definition) is 2. The molecule has 1 unspecified atom stereocenters. The number of halogens is 8. The quantitative estimate of drug-likeness (QED) is 0.468. The Labute approximate surface area is 71.0 Å². The molecule has 1 saturated heterocycles. The van der Waals surface area contributed by atoms with Gasteiger partial charge >= 0.3 is 18.6 Å². The van der Waals surface area contributed by atoms with Gasteiger partial charge in [-0.1, -0.05) is 4.90 Å². The molecule has 10 heteroatoms. The molecule has 0 amide bonds. The molecule has 0 aromatic carbocycles. The molecule has 2 nitrogen and oxygen atoms in total. The van der Waals surface area contributed by atoms with Gasteiger partial charge in [-0.05, 0) is 0 Å². The lowest BCUT2D eigenvalue weighted by Crippen LogP contribution is -2.50. The Morgan fingerprint density at radius 1 is 1.07 bits per heavy atom. The lowest BCUT2D eigenvalue weighted by Gasteiger charge is -2.23. The van der Waals surface area contributed by atoms with Crippen LogP contribution in [0.15, 0.2) is 0 Å². The van der Waals surface area contributed by atoms with E-state index < -0.39 is 29.8 Å². The molecule has 0 bridgehead atoms. The molecule has 0 aromatic rings. The van der Waals surface area contributed by atoms with E-state index >= 15 is 0 Å². The first-order valence-corrected chi connectivity index (χ1v) is 2.94. The van der Waals surface area contributed by atoms with Gasteiger partial charge in [-0.2, -0.15) is 30.7 Å². The Hall–Kier alpha value is -0.640. The van der Waals surface area contributed by atoms with E-state index in [0.29, 0.717) is 0 Å². The van der Waals surface area contributed by atoms with Gasteiger partial charge in [-0.25, -0.2) is 9.13 Å². The molecular weight excluding hydrogens is 230 g/mol. The van der Waals surface area contributed by atoms with Gasteiger partial charge in [0.2, 0.25) is 0 Å². The average molecular weight is 231 g/mol.